The van der Waals surface area contributed by atoms with Crippen LogP contribution in [0.25, 0.3) is 0 Å². The monoisotopic (exact) mass is 846 g/mol. The van der Waals surface area contributed by atoms with Crippen LogP contribution in [0.3, 0.4) is 0 Å². The van der Waals surface area contributed by atoms with Gasteiger partial charge in [0.05, 0.1) is 18.8 Å². The highest BCUT2D eigenvalue weighted by Gasteiger charge is 2.26. The van der Waals surface area contributed by atoms with Gasteiger partial charge in [0.2, 0.25) is 5.91 Å². The number of carbonyl (C=O) groups excluding carboxylic acids is 1. The highest BCUT2D eigenvalue weighted by atomic mass is 16.3. The number of hydrogen-bond donors (Lipinski definition) is 4. The normalized spacial score (nSPS) is 13.5. The van der Waals surface area contributed by atoms with E-state index in [-0.39, 0.29) is 12.5 Å². The van der Waals surface area contributed by atoms with E-state index in [0.29, 0.717) is 12.8 Å². The molecule has 3 atom stereocenters. The Labute approximate surface area is 375 Å². The molecule has 60 heavy (non-hydrogen) atoms. The van der Waals surface area contributed by atoms with Gasteiger partial charge in [-0.15, -0.1) is 0 Å². The fourth-order valence-corrected chi connectivity index (χ4v) is 8.59. The standard InChI is InChI=1S/C55H107NO4/c1-3-5-7-9-11-13-15-17-19-21-23-24-25-26-27-28-29-30-31-32-34-36-38-40-42-44-46-48-50-54(59)56-52(51-57)55(60)53(58)49-47-45-43-41-39-37-35-33-22-20-18-16-14-12-10-8-6-4-2/h33,35,41,43,52-53,55,57-58,60H,3-32,34,36-40,42,44-51H2,1-2H3,(H,56,59)/b35-33+,43-41+. The molecule has 0 aromatic carbocycles. The van der Waals surface area contributed by atoms with Crippen molar-refractivity contribution in [2.45, 2.75) is 315 Å². The van der Waals surface area contributed by atoms with Gasteiger partial charge in [-0.2, -0.15) is 0 Å². The number of amides is 1. The summed E-state index contributed by atoms with van der Waals surface area (Å²) >= 11 is 0. The van der Waals surface area contributed by atoms with Crippen molar-refractivity contribution in [3.05, 3.63) is 24.3 Å². The molecule has 3 unspecified atom stereocenters. The number of nitrogens with one attached hydrogen (secondary N) is 1. The average Bonchev–Trinajstić information content (AvgIpc) is 3.25. The molecule has 0 aliphatic heterocycles. The maximum Gasteiger partial charge on any atom is 0.220 e. The Morgan fingerprint density at radius 2 is 0.683 bits per heavy atom. The number of allylic oxidation sites excluding steroid dienone is 4. The smallest absolute Gasteiger partial charge is 0.220 e. The Bertz CT molecular complexity index is 890. The molecule has 356 valence electrons. The Kier molecular flexibility index (Phi) is 49.5. The van der Waals surface area contributed by atoms with Gasteiger partial charge in [0, 0.05) is 6.42 Å². The van der Waals surface area contributed by atoms with Crippen molar-refractivity contribution in [2.24, 2.45) is 0 Å². The van der Waals surface area contributed by atoms with E-state index in [4.69, 9.17) is 0 Å². The van der Waals surface area contributed by atoms with E-state index in [2.05, 4.69) is 43.5 Å². The summed E-state index contributed by atoms with van der Waals surface area (Å²) in [6.07, 6.45) is 63.3. The summed E-state index contributed by atoms with van der Waals surface area (Å²) in [7, 11) is 0. The fraction of sp³-hybridized carbons (Fsp3) is 0.909. The zero-order valence-corrected chi connectivity index (χ0v) is 40.6. The van der Waals surface area contributed by atoms with Crippen molar-refractivity contribution in [3.63, 3.8) is 0 Å². The highest BCUT2D eigenvalue weighted by Crippen LogP contribution is 2.17. The van der Waals surface area contributed by atoms with E-state index in [0.717, 1.165) is 44.9 Å². The lowest BCUT2D eigenvalue weighted by Gasteiger charge is -2.26. The number of unbranched alkanes of at least 4 members (excludes halogenated alkanes) is 38. The van der Waals surface area contributed by atoms with Crippen molar-refractivity contribution in [3.8, 4) is 0 Å². The van der Waals surface area contributed by atoms with Crippen LogP contribution in [-0.2, 0) is 4.79 Å². The first-order valence-corrected chi connectivity index (χ1v) is 27.1. The van der Waals surface area contributed by atoms with Crippen LogP contribution in [-0.4, -0.2) is 46.1 Å². The van der Waals surface area contributed by atoms with Gasteiger partial charge in [-0.1, -0.05) is 263 Å². The Balaban J connectivity index is 3.55. The lowest BCUT2D eigenvalue weighted by atomic mass is 10.0. The summed E-state index contributed by atoms with van der Waals surface area (Å²) in [6, 6.07) is -0.829. The molecule has 0 aromatic rings. The maximum atomic E-state index is 12.5. The third-order valence-electron chi connectivity index (χ3n) is 12.8. The van der Waals surface area contributed by atoms with Crippen molar-refractivity contribution < 1.29 is 20.1 Å². The predicted octanol–water partition coefficient (Wildman–Crippen LogP) is 16.5. The van der Waals surface area contributed by atoms with E-state index < -0.39 is 18.2 Å². The molecule has 5 heteroatoms. The van der Waals surface area contributed by atoms with Crippen LogP contribution in [0, 0.1) is 0 Å². The second-order valence-electron chi connectivity index (χ2n) is 18.8. The molecular weight excluding hydrogens is 739 g/mol. The molecule has 0 heterocycles. The van der Waals surface area contributed by atoms with Gasteiger partial charge in [0.25, 0.3) is 0 Å². The summed E-state index contributed by atoms with van der Waals surface area (Å²) in [4.78, 5) is 12.5. The quantitative estimate of drug-likeness (QED) is 0.0363. The molecule has 0 radical (unpaired) electrons. The molecule has 5 nitrogen and oxygen atoms in total. The Morgan fingerprint density at radius 1 is 0.400 bits per heavy atom. The molecule has 0 saturated carbocycles. The molecule has 4 N–H and O–H groups in total. The van der Waals surface area contributed by atoms with Gasteiger partial charge in [-0.05, 0) is 51.4 Å². The van der Waals surface area contributed by atoms with Gasteiger partial charge in [-0.25, -0.2) is 0 Å². The van der Waals surface area contributed by atoms with Gasteiger partial charge in [-0.3, -0.25) is 4.79 Å². The summed E-state index contributed by atoms with van der Waals surface area (Å²) in [5.74, 6) is -0.153. The lowest BCUT2D eigenvalue weighted by molar-refractivity contribution is -0.124. The van der Waals surface area contributed by atoms with E-state index in [1.807, 2.05) is 0 Å². The zero-order valence-electron chi connectivity index (χ0n) is 40.6. The molecule has 0 aliphatic rings. The number of rotatable bonds is 50. The molecular formula is C55H107NO4. The SMILES string of the molecule is CCCCCCCCCCC/C=C/CC/C=C/CCCC(O)C(O)C(CO)NC(=O)CCCCCCCCCCCCCCCCCCCCCCCCCCCCCC. The summed E-state index contributed by atoms with van der Waals surface area (Å²) in [6.45, 7) is 4.19. The van der Waals surface area contributed by atoms with E-state index in [1.165, 1.54) is 225 Å². The van der Waals surface area contributed by atoms with Crippen LogP contribution in [0.4, 0.5) is 0 Å². The summed E-state index contributed by atoms with van der Waals surface area (Å²) < 4.78 is 0. The third-order valence-corrected chi connectivity index (χ3v) is 12.8. The minimum Gasteiger partial charge on any atom is -0.394 e. The first-order valence-electron chi connectivity index (χ1n) is 27.1. The van der Waals surface area contributed by atoms with Gasteiger partial charge >= 0.3 is 0 Å². The van der Waals surface area contributed by atoms with Crippen LogP contribution < -0.4 is 5.32 Å². The van der Waals surface area contributed by atoms with Crippen molar-refractivity contribution in [1.29, 1.82) is 0 Å². The van der Waals surface area contributed by atoms with Crippen LogP contribution in [0.1, 0.15) is 296 Å². The number of carbonyl (C=O) groups is 1. The summed E-state index contributed by atoms with van der Waals surface area (Å²) in [5.41, 5.74) is 0. The van der Waals surface area contributed by atoms with Crippen LogP contribution in [0.2, 0.25) is 0 Å². The van der Waals surface area contributed by atoms with Gasteiger partial charge in [0.15, 0.2) is 0 Å². The van der Waals surface area contributed by atoms with E-state index in [1.54, 1.807) is 0 Å². The summed E-state index contributed by atoms with van der Waals surface area (Å²) in [5, 5.41) is 33.7. The molecule has 0 aromatic heterocycles. The van der Waals surface area contributed by atoms with E-state index in [9.17, 15) is 20.1 Å². The minimum absolute atomic E-state index is 0.153. The minimum atomic E-state index is -1.16. The first kappa shape index (κ1) is 58.8. The van der Waals surface area contributed by atoms with E-state index >= 15 is 0 Å². The average molecular weight is 846 g/mol. The third kappa shape index (κ3) is 44.9. The molecule has 0 bridgehead atoms. The Hall–Kier alpha value is -1.17. The molecule has 1 amide bonds. The van der Waals surface area contributed by atoms with Crippen molar-refractivity contribution in [2.75, 3.05) is 6.61 Å². The molecule has 0 spiro atoms. The van der Waals surface area contributed by atoms with Crippen LogP contribution in [0.5, 0.6) is 0 Å². The largest absolute Gasteiger partial charge is 0.394 e. The number of aliphatic hydroxyl groups excluding tert-OH is 3. The second kappa shape index (κ2) is 50.5. The Morgan fingerprint density at radius 3 is 1.02 bits per heavy atom. The predicted molar refractivity (Wildman–Crippen MR) is 264 cm³/mol. The molecule has 0 saturated heterocycles. The second-order valence-corrected chi connectivity index (χ2v) is 18.8. The van der Waals surface area contributed by atoms with Gasteiger partial charge < -0.3 is 20.6 Å². The first-order chi connectivity index (χ1) is 29.6. The molecule has 0 rings (SSSR count). The molecule has 0 fully saturated rings. The van der Waals surface area contributed by atoms with Crippen LogP contribution >= 0.6 is 0 Å². The van der Waals surface area contributed by atoms with Gasteiger partial charge in [0.1, 0.15) is 6.10 Å². The number of aliphatic hydroxyl groups is 3. The zero-order chi connectivity index (χ0) is 43.7. The fourth-order valence-electron chi connectivity index (χ4n) is 8.59. The number of hydrogen-bond acceptors (Lipinski definition) is 4. The molecule has 0 aliphatic carbocycles. The topological polar surface area (TPSA) is 89.8 Å². The van der Waals surface area contributed by atoms with Crippen LogP contribution in [0.15, 0.2) is 24.3 Å². The maximum absolute atomic E-state index is 12.5. The van der Waals surface area contributed by atoms with Crippen molar-refractivity contribution >= 4 is 5.91 Å². The van der Waals surface area contributed by atoms with Crippen molar-refractivity contribution in [1.82, 2.24) is 5.32 Å². The highest BCUT2D eigenvalue weighted by molar-refractivity contribution is 5.76. The lowest BCUT2D eigenvalue weighted by Crippen LogP contribution is -2.50.